The minimum absolute atomic E-state index is 0. The summed E-state index contributed by atoms with van der Waals surface area (Å²) in [6.45, 7) is 2.76. The summed E-state index contributed by atoms with van der Waals surface area (Å²) in [7, 11) is -1.59. The average Bonchev–Trinajstić information content (AvgIpc) is 2.90. The number of rotatable bonds is 10. The lowest BCUT2D eigenvalue weighted by Crippen LogP contribution is -2.39. The Morgan fingerprint density at radius 2 is 1.87 bits per heavy atom. The molecule has 0 radical (unpaired) electrons. The van der Waals surface area contributed by atoms with Gasteiger partial charge in [0, 0.05) is 18.0 Å². The van der Waals surface area contributed by atoms with E-state index in [4.69, 9.17) is 28.7 Å². The molecule has 1 heterocycles. The van der Waals surface area contributed by atoms with Gasteiger partial charge in [-0.05, 0) is 62.4 Å². The third-order valence-electron chi connectivity index (χ3n) is 5.85. The van der Waals surface area contributed by atoms with Crippen molar-refractivity contribution in [2.75, 3.05) is 18.5 Å². The van der Waals surface area contributed by atoms with Gasteiger partial charge in [0.05, 0.1) is 27.5 Å². The molecule has 38 heavy (non-hydrogen) atoms. The molecule has 0 saturated carbocycles. The van der Waals surface area contributed by atoms with E-state index >= 15 is 0 Å². The van der Waals surface area contributed by atoms with E-state index in [9.17, 15) is 9.00 Å². The molecule has 198 valence electrons. The van der Waals surface area contributed by atoms with Crippen LogP contribution in [-0.4, -0.2) is 36.7 Å². The Morgan fingerprint density at radius 1 is 1.16 bits per heavy atom. The SMILES string of the molecule is C#CC[C@H](c1nc2cc(Cl)ccc2c(=O)n1Nc1ccccc1)N(CCCN)S(=O)c1ccc(C)cc1.O. The van der Waals surface area contributed by atoms with E-state index in [0.29, 0.717) is 51.8 Å². The van der Waals surface area contributed by atoms with E-state index in [1.165, 1.54) is 4.68 Å². The fourth-order valence-corrected chi connectivity index (χ4v) is 5.48. The Morgan fingerprint density at radius 3 is 2.53 bits per heavy atom. The first-order chi connectivity index (χ1) is 17.9. The van der Waals surface area contributed by atoms with E-state index in [0.717, 1.165) is 5.56 Å². The predicted octanol–water partition coefficient (Wildman–Crippen LogP) is 3.85. The minimum Gasteiger partial charge on any atom is -0.412 e. The monoisotopic (exact) mass is 551 g/mol. The van der Waals surface area contributed by atoms with Gasteiger partial charge < -0.3 is 11.2 Å². The smallest absolute Gasteiger partial charge is 0.280 e. The Bertz CT molecular complexity index is 1500. The molecule has 0 aliphatic heterocycles. The van der Waals surface area contributed by atoms with Crippen LogP contribution < -0.4 is 16.7 Å². The number of aromatic nitrogens is 2. The maximum Gasteiger partial charge on any atom is 0.280 e. The lowest BCUT2D eigenvalue weighted by molar-refractivity contribution is 0.325. The van der Waals surface area contributed by atoms with Gasteiger partial charge in [0.15, 0.2) is 5.82 Å². The zero-order chi connectivity index (χ0) is 26.4. The number of hydrogen-bond donors (Lipinski definition) is 2. The van der Waals surface area contributed by atoms with Gasteiger partial charge >= 0.3 is 0 Å². The standard InChI is InChI=1S/C28H28ClN5O2S.H2O/c1-3-8-26(33(18-7-17-30)37(36)23-14-11-20(2)12-15-23)27-31-25-19-21(29)13-16-24(25)28(35)34(27)32-22-9-5-4-6-10-22;/h1,4-6,9-16,19,26,32H,7-8,17-18,30H2,2H3;1H2/t26-,37?;/m1./s1. The molecule has 10 heteroatoms. The molecule has 0 spiro atoms. The van der Waals surface area contributed by atoms with Crippen molar-refractivity contribution in [3.05, 3.63) is 99.6 Å². The summed E-state index contributed by atoms with van der Waals surface area (Å²) in [4.78, 5) is 19.2. The molecule has 0 amide bonds. The first kappa shape index (κ1) is 29.0. The summed E-state index contributed by atoms with van der Waals surface area (Å²) in [5.74, 6) is 3.02. The lowest BCUT2D eigenvalue weighted by Gasteiger charge is -2.30. The molecule has 5 N–H and O–H groups in total. The number of fused-ring (bicyclic) bond motifs is 1. The number of nitrogens with two attached hydrogens (primary N) is 1. The van der Waals surface area contributed by atoms with Crippen LogP contribution in [0.5, 0.6) is 0 Å². The molecule has 4 rings (SSSR count). The molecule has 4 aromatic rings. The average molecular weight is 552 g/mol. The normalized spacial score (nSPS) is 12.5. The highest BCUT2D eigenvalue weighted by Gasteiger charge is 2.30. The summed E-state index contributed by atoms with van der Waals surface area (Å²) < 4.78 is 17.0. The number of terminal acetylenes is 1. The molecule has 0 aliphatic rings. The van der Waals surface area contributed by atoms with Crippen molar-refractivity contribution < 1.29 is 9.69 Å². The van der Waals surface area contributed by atoms with Gasteiger partial charge in [0.1, 0.15) is 11.0 Å². The van der Waals surface area contributed by atoms with Crippen LogP contribution >= 0.6 is 11.6 Å². The van der Waals surface area contributed by atoms with E-state index in [2.05, 4.69) is 11.3 Å². The van der Waals surface area contributed by atoms with Crippen LogP contribution in [0.15, 0.2) is 82.5 Å². The predicted molar refractivity (Wildman–Crippen MR) is 154 cm³/mol. The van der Waals surface area contributed by atoms with Gasteiger partial charge in [0.2, 0.25) is 0 Å². The van der Waals surface area contributed by atoms with Crippen LogP contribution in [0.3, 0.4) is 0 Å². The highest BCUT2D eigenvalue weighted by molar-refractivity contribution is 7.82. The minimum atomic E-state index is -1.59. The summed E-state index contributed by atoms with van der Waals surface area (Å²) in [5.41, 5.74) is 10.9. The van der Waals surface area contributed by atoms with Crippen molar-refractivity contribution in [1.29, 1.82) is 0 Å². The van der Waals surface area contributed by atoms with Crippen molar-refractivity contribution in [2.45, 2.75) is 30.7 Å². The van der Waals surface area contributed by atoms with Gasteiger partial charge in [-0.15, -0.1) is 12.3 Å². The number of nitrogens with zero attached hydrogens (tertiary/aromatic N) is 3. The number of aryl methyl sites for hydroxylation is 1. The summed E-state index contributed by atoms with van der Waals surface area (Å²) in [5, 5.41) is 0.847. The van der Waals surface area contributed by atoms with Crippen LogP contribution in [0, 0.1) is 19.3 Å². The van der Waals surface area contributed by atoms with Crippen molar-refractivity contribution in [1.82, 2.24) is 14.0 Å². The third-order valence-corrected chi connectivity index (χ3v) is 7.62. The molecule has 2 atom stereocenters. The van der Waals surface area contributed by atoms with Crippen LogP contribution in [0.4, 0.5) is 5.69 Å². The molecule has 0 bridgehead atoms. The maximum absolute atomic E-state index is 13.9. The molecule has 0 aliphatic carbocycles. The zero-order valence-corrected chi connectivity index (χ0v) is 22.5. The highest BCUT2D eigenvalue weighted by Crippen LogP contribution is 2.29. The molecule has 1 aromatic heterocycles. The molecular weight excluding hydrogens is 522 g/mol. The summed E-state index contributed by atoms with van der Waals surface area (Å²) in [6, 6.07) is 21.1. The number of benzene rings is 3. The first-order valence-corrected chi connectivity index (χ1v) is 13.3. The van der Waals surface area contributed by atoms with E-state index in [1.807, 2.05) is 61.5 Å². The van der Waals surface area contributed by atoms with E-state index < -0.39 is 17.0 Å². The Kier molecular flexibility index (Phi) is 10.2. The Labute approximate surface area is 229 Å². The van der Waals surface area contributed by atoms with Gasteiger partial charge in [0.25, 0.3) is 5.56 Å². The second-order valence-corrected chi connectivity index (χ2v) is 10.4. The summed E-state index contributed by atoms with van der Waals surface area (Å²) in [6.07, 6.45) is 6.55. The second-order valence-electron chi connectivity index (χ2n) is 8.52. The van der Waals surface area contributed by atoms with Crippen molar-refractivity contribution in [3.63, 3.8) is 0 Å². The Hall–Kier alpha value is -3.52. The molecular formula is C28H30ClN5O3S. The number of anilines is 1. The summed E-state index contributed by atoms with van der Waals surface area (Å²) >= 11 is 6.24. The van der Waals surface area contributed by atoms with Gasteiger partial charge in [-0.3, -0.25) is 10.2 Å². The van der Waals surface area contributed by atoms with Crippen LogP contribution in [0.2, 0.25) is 5.02 Å². The zero-order valence-electron chi connectivity index (χ0n) is 20.9. The molecule has 8 nitrogen and oxygen atoms in total. The highest BCUT2D eigenvalue weighted by atomic mass is 35.5. The first-order valence-electron chi connectivity index (χ1n) is 11.9. The third kappa shape index (κ3) is 6.48. The van der Waals surface area contributed by atoms with Crippen molar-refractivity contribution >= 4 is 39.2 Å². The Balaban J connectivity index is 0.00000400. The van der Waals surface area contributed by atoms with Crippen LogP contribution in [0.25, 0.3) is 10.9 Å². The second kappa shape index (κ2) is 13.3. The number of hydrogen-bond acceptors (Lipinski definition) is 5. The fraction of sp³-hybridized carbons (Fsp3) is 0.214. The maximum atomic E-state index is 13.9. The van der Waals surface area contributed by atoms with E-state index in [-0.39, 0.29) is 17.5 Å². The number of para-hydroxylation sites is 1. The number of nitrogens with one attached hydrogen (secondary N) is 1. The van der Waals surface area contributed by atoms with Crippen molar-refractivity contribution in [3.8, 4) is 12.3 Å². The number of halogens is 1. The lowest BCUT2D eigenvalue weighted by atomic mass is 10.1. The van der Waals surface area contributed by atoms with Crippen LogP contribution in [0.1, 0.15) is 30.3 Å². The molecule has 0 saturated heterocycles. The quantitative estimate of drug-likeness (QED) is 0.290. The fourth-order valence-electron chi connectivity index (χ4n) is 3.97. The van der Waals surface area contributed by atoms with Crippen molar-refractivity contribution in [2.24, 2.45) is 5.73 Å². The molecule has 0 fully saturated rings. The van der Waals surface area contributed by atoms with Gasteiger partial charge in [-0.25, -0.2) is 18.2 Å². The van der Waals surface area contributed by atoms with Gasteiger partial charge in [-0.1, -0.05) is 47.5 Å². The van der Waals surface area contributed by atoms with Gasteiger partial charge in [-0.2, -0.15) is 0 Å². The van der Waals surface area contributed by atoms with Crippen LogP contribution in [-0.2, 0) is 11.0 Å². The topological polar surface area (TPSA) is 125 Å². The largest absolute Gasteiger partial charge is 0.412 e. The molecule has 1 unspecified atom stereocenters. The van der Waals surface area contributed by atoms with E-state index in [1.54, 1.807) is 22.5 Å². The molecule has 3 aromatic carbocycles.